The molecule has 1 unspecified atom stereocenters. The Bertz CT molecular complexity index is 539. The molecule has 1 aliphatic rings. The lowest BCUT2D eigenvalue weighted by Gasteiger charge is -2.38. The van der Waals surface area contributed by atoms with Gasteiger partial charge in [0.1, 0.15) is 5.69 Å². The molecule has 0 spiro atoms. The highest BCUT2D eigenvalue weighted by Gasteiger charge is 2.32. The van der Waals surface area contributed by atoms with Crippen molar-refractivity contribution in [3.05, 3.63) is 24.0 Å². The Morgan fingerprint density at radius 3 is 2.46 bits per heavy atom. The van der Waals surface area contributed by atoms with Crippen LogP contribution >= 0.6 is 0 Å². The Balaban J connectivity index is 1.87. The summed E-state index contributed by atoms with van der Waals surface area (Å²) in [5.74, 6) is 0. The fourth-order valence-electron chi connectivity index (χ4n) is 2.63. The van der Waals surface area contributed by atoms with Crippen LogP contribution in [-0.2, 0) is 6.18 Å². The van der Waals surface area contributed by atoms with Gasteiger partial charge in [-0.1, -0.05) is 6.92 Å². The predicted octanol–water partition coefficient (Wildman–Crippen LogP) is 2.02. The van der Waals surface area contributed by atoms with E-state index < -0.39 is 11.9 Å². The van der Waals surface area contributed by atoms with Crippen molar-refractivity contribution in [1.82, 2.24) is 14.8 Å². The maximum absolute atomic E-state index is 12.5. The SMILES string of the molecule is CCC(CO)N1CCN(C(=O)Nc2ccc(C(F)(F)F)nc2)CC1. The normalized spacial score (nSPS) is 17.6. The van der Waals surface area contributed by atoms with Gasteiger partial charge in [0.15, 0.2) is 0 Å². The molecule has 2 heterocycles. The standard InChI is InChI=1S/C15H21F3N4O2/c1-2-12(10-23)21-5-7-22(8-6-21)14(24)20-11-3-4-13(19-9-11)15(16,17)18/h3-4,9,12,23H,2,5-8,10H2,1H3,(H,20,24). The van der Waals surface area contributed by atoms with Crippen LogP contribution in [0.2, 0.25) is 0 Å². The fourth-order valence-corrected chi connectivity index (χ4v) is 2.63. The van der Waals surface area contributed by atoms with Crippen molar-refractivity contribution in [3.63, 3.8) is 0 Å². The smallest absolute Gasteiger partial charge is 0.395 e. The number of hydrogen-bond donors (Lipinski definition) is 2. The van der Waals surface area contributed by atoms with Gasteiger partial charge in [0.05, 0.1) is 18.5 Å². The molecule has 2 N–H and O–H groups in total. The van der Waals surface area contributed by atoms with Crippen molar-refractivity contribution in [1.29, 1.82) is 0 Å². The van der Waals surface area contributed by atoms with Gasteiger partial charge < -0.3 is 15.3 Å². The number of pyridine rings is 1. The summed E-state index contributed by atoms with van der Waals surface area (Å²) >= 11 is 0. The summed E-state index contributed by atoms with van der Waals surface area (Å²) in [4.78, 5) is 19.2. The second-order valence-corrected chi connectivity index (χ2v) is 5.63. The average molecular weight is 346 g/mol. The van der Waals surface area contributed by atoms with E-state index in [0.29, 0.717) is 26.2 Å². The van der Waals surface area contributed by atoms with Crippen LogP contribution in [0, 0.1) is 0 Å². The zero-order chi connectivity index (χ0) is 17.7. The zero-order valence-electron chi connectivity index (χ0n) is 13.4. The zero-order valence-corrected chi connectivity index (χ0v) is 13.4. The molecule has 0 bridgehead atoms. The molecule has 0 radical (unpaired) electrons. The number of nitrogens with one attached hydrogen (secondary N) is 1. The van der Waals surface area contributed by atoms with Crippen molar-refractivity contribution in [2.75, 3.05) is 38.1 Å². The van der Waals surface area contributed by atoms with Crippen LogP contribution < -0.4 is 5.32 Å². The monoisotopic (exact) mass is 346 g/mol. The molecule has 1 aromatic rings. The largest absolute Gasteiger partial charge is 0.433 e. The molecule has 6 nitrogen and oxygen atoms in total. The van der Waals surface area contributed by atoms with Crippen molar-refractivity contribution in [3.8, 4) is 0 Å². The number of hydrogen-bond acceptors (Lipinski definition) is 4. The van der Waals surface area contributed by atoms with Crippen molar-refractivity contribution in [2.45, 2.75) is 25.6 Å². The third-order valence-electron chi connectivity index (χ3n) is 4.11. The number of urea groups is 1. The van der Waals surface area contributed by atoms with Gasteiger partial charge in [-0.3, -0.25) is 4.90 Å². The summed E-state index contributed by atoms with van der Waals surface area (Å²) in [6.07, 6.45) is -2.67. The Kier molecular flexibility index (Phi) is 6.00. The number of halogens is 3. The van der Waals surface area contributed by atoms with Crippen LogP contribution in [0.5, 0.6) is 0 Å². The predicted molar refractivity (Wildman–Crippen MR) is 82.6 cm³/mol. The minimum Gasteiger partial charge on any atom is -0.395 e. The Morgan fingerprint density at radius 1 is 1.33 bits per heavy atom. The van der Waals surface area contributed by atoms with Crippen LogP contribution in [0.25, 0.3) is 0 Å². The quantitative estimate of drug-likeness (QED) is 0.875. The maximum atomic E-state index is 12.5. The Hall–Kier alpha value is -1.87. The van der Waals surface area contributed by atoms with E-state index in [4.69, 9.17) is 0 Å². The van der Waals surface area contributed by atoms with E-state index in [0.717, 1.165) is 18.7 Å². The number of amides is 2. The summed E-state index contributed by atoms with van der Waals surface area (Å²) in [6, 6.07) is 1.74. The number of rotatable bonds is 4. The van der Waals surface area contributed by atoms with Gasteiger partial charge in [-0.25, -0.2) is 9.78 Å². The minimum absolute atomic E-state index is 0.0833. The highest BCUT2D eigenvalue weighted by Crippen LogP contribution is 2.27. The molecule has 0 saturated carbocycles. The molecule has 2 rings (SSSR count). The summed E-state index contributed by atoms with van der Waals surface area (Å²) in [5.41, 5.74) is -0.777. The molecule has 0 aliphatic carbocycles. The molecular weight excluding hydrogens is 325 g/mol. The number of aliphatic hydroxyl groups excluding tert-OH is 1. The van der Waals surface area contributed by atoms with Crippen LogP contribution in [-0.4, -0.2) is 64.7 Å². The van der Waals surface area contributed by atoms with Crippen molar-refractivity contribution in [2.24, 2.45) is 0 Å². The van der Waals surface area contributed by atoms with E-state index in [1.807, 2.05) is 6.92 Å². The Morgan fingerprint density at radius 2 is 2.00 bits per heavy atom. The van der Waals surface area contributed by atoms with Crippen LogP contribution in [0.15, 0.2) is 18.3 Å². The molecule has 1 saturated heterocycles. The second kappa shape index (κ2) is 7.80. The van der Waals surface area contributed by atoms with Gasteiger partial charge in [0, 0.05) is 32.2 Å². The number of alkyl halides is 3. The van der Waals surface area contributed by atoms with Crippen molar-refractivity contribution >= 4 is 11.7 Å². The second-order valence-electron chi connectivity index (χ2n) is 5.63. The first-order valence-electron chi connectivity index (χ1n) is 7.79. The van der Waals surface area contributed by atoms with Gasteiger partial charge in [-0.2, -0.15) is 13.2 Å². The summed E-state index contributed by atoms with van der Waals surface area (Å²) in [7, 11) is 0. The lowest BCUT2D eigenvalue weighted by atomic mass is 10.2. The topological polar surface area (TPSA) is 68.7 Å². The molecule has 1 fully saturated rings. The van der Waals surface area contributed by atoms with Gasteiger partial charge in [-0.15, -0.1) is 0 Å². The van der Waals surface area contributed by atoms with Gasteiger partial charge >= 0.3 is 12.2 Å². The third kappa shape index (κ3) is 4.57. The molecule has 24 heavy (non-hydrogen) atoms. The van der Waals surface area contributed by atoms with E-state index in [1.54, 1.807) is 4.90 Å². The summed E-state index contributed by atoms with van der Waals surface area (Å²) < 4.78 is 37.4. The summed E-state index contributed by atoms with van der Waals surface area (Å²) in [5, 5.41) is 11.9. The van der Waals surface area contributed by atoms with Crippen LogP contribution in [0.3, 0.4) is 0 Å². The van der Waals surface area contributed by atoms with E-state index >= 15 is 0 Å². The number of aliphatic hydroxyl groups is 1. The first kappa shape index (κ1) is 18.5. The minimum atomic E-state index is -4.50. The van der Waals surface area contributed by atoms with Gasteiger partial charge in [0.2, 0.25) is 0 Å². The number of nitrogens with zero attached hydrogens (tertiary/aromatic N) is 3. The Labute approximate surface area is 138 Å². The summed E-state index contributed by atoms with van der Waals surface area (Å²) in [6.45, 7) is 4.37. The first-order valence-corrected chi connectivity index (χ1v) is 7.79. The van der Waals surface area contributed by atoms with Crippen molar-refractivity contribution < 1.29 is 23.1 Å². The molecule has 134 valence electrons. The molecule has 1 aliphatic heterocycles. The molecule has 2 amide bonds. The molecule has 1 aromatic heterocycles. The van der Waals surface area contributed by atoms with E-state index in [2.05, 4.69) is 15.2 Å². The third-order valence-corrected chi connectivity index (χ3v) is 4.11. The number of aromatic nitrogens is 1. The maximum Gasteiger partial charge on any atom is 0.433 e. The van der Waals surface area contributed by atoms with Gasteiger partial charge in [-0.05, 0) is 18.6 Å². The highest BCUT2D eigenvalue weighted by atomic mass is 19.4. The van der Waals surface area contributed by atoms with Gasteiger partial charge in [0.25, 0.3) is 0 Å². The molecular formula is C15H21F3N4O2. The number of carbonyl (C=O) groups excluding carboxylic acids is 1. The first-order chi connectivity index (χ1) is 11.3. The van der Waals surface area contributed by atoms with E-state index in [9.17, 15) is 23.1 Å². The van der Waals surface area contributed by atoms with E-state index in [1.165, 1.54) is 6.07 Å². The van der Waals surface area contributed by atoms with Crippen LogP contribution in [0.4, 0.5) is 23.7 Å². The lowest BCUT2D eigenvalue weighted by Crippen LogP contribution is -2.53. The van der Waals surface area contributed by atoms with Crippen LogP contribution in [0.1, 0.15) is 19.0 Å². The molecule has 0 aromatic carbocycles. The highest BCUT2D eigenvalue weighted by molar-refractivity contribution is 5.89. The van der Waals surface area contributed by atoms with E-state index in [-0.39, 0.29) is 24.4 Å². The number of anilines is 1. The number of carbonyl (C=O) groups is 1. The molecule has 1 atom stereocenters. The number of piperazine rings is 1. The lowest BCUT2D eigenvalue weighted by molar-refractivity contribution is -0.141. The average Bonchev–Trinajstić information content (AvgIpc) is 2.56. The fraction of sp³-hybridized carbons (Fsp3) is 0.600. The molecule has 9 heteroatoms.